The predicted octanol–water partition coefficient (Wildman–Crippen LogP) is 4.15. The Labute approximate surface area is 230 Å². The van der Waals surface area contributed by atoms with Gasteiger partial charge in [-0.3, -0.25) is 23.7 Å². The number of fused-ring (bicyclic) bond motifs is 1. The molecule has 2 N–H and O–H groups in total. The van der Waals surface area contributed by atoms with E-state index in [-0.39, 0.29) is 17.7 Å². The van der Waals surface area contributed by atoms with E-state index in [1.165, 1.54) is 20.0 Å². The molecule has 11 nitrogen and oxygen atoms in total. The molecule has 0 aliphatic carbocycles. The molecule has 0 radical (unpaired) electrons. The van der Waals surface area contributed by atoms with Crippen molar-refractivity contribution in [2.75, 3.05) is 6.61 Å². The molecule has 1 unspecified atom stereocenters. The third-order valence-electron chi connectivity index (χ3n) is 6.11. The summed E-state index contributed by atoms with van der Waals surface area (Å²) >= 11 is 0. The van der Waals surface area contributed by atoms with Gasteiger partial charge in [-0.15, -0.1) is 0 Å². The number of carbonyl (C=O) groups is 1. The van der Waals surface area contributed by atoms with Gasteiger partial charge >= 0.3 is 19.4 Å². The maximum atomic E-state index is 15.0. The average Bonchev–Trinajstić information content (AvgIpc) is 3.24. The maximum absolute atomic E-state index is 15.0. The number of aromatic nitrogens is 2. The molecule has 4 rings (SSSR count). The number of aromatic amines is 1. The minimum atomic E-state index is -4.33. The maximum Gasteiger partial charge on any atom is 0.459 e. The first-order chi connectivity index (χ1) is 18.7. The molecule has 1 aliphatic heterocycles. The quantitative estimate of drug-likeness (QED) is 0.284. The standard InChI is InChI=1S/C27H33FN3O8P/c1-16-14-31(26(34)29-24(16)32)23-13-20(28)22(37-23)15-36-40(35,30-17(2)25(33)38-27(3,4)5)39-21-12-8-10-18-9-6-7-11-19(18)21/h6-12,14,17,20,22-23H,13,15H2,1-5H3,(H,30,35)(H,29,32,34)/t17-,20-,22+,23+,40?/m0/s1. The van der Waals surface area contributed by atoms with E-state index in [0.717, 1.165) is 9.95 Å². The third kappa shape index (κ3) is 7.06. The number of aryl methyl sites for hydroxylation is 1. The van der Waals surface area contributed by atoms with Gasteiger partial charge in [-0.05, 0) is 46.1 Å². The SMILES string of the molecule is Cc1cn([C@H]2C[C@H](F)[C@@H](COP(=O)(N[C@@H](C)C(=O)OC(C)(C)C)Oc3cccc4ccccc34)O2)c(=O)[nH]c1=O. The van der Waals surface area contributed by atoms with Crippen LogP contribution >= 0.6 is 7.75 Å². The number of alkyl halides is 1. The number of rotatable bonds is 9. The van der Waals surface area contributed by atoms with Gasteiger partial charge in [-0.2, -0.15) is 5.09 Å². The van der Waals surface area contributed by atoms with Gasteiger partial charge in [0.15, 0.2) is 0 Å². The third-order valence-corrected chi connectivity index (χ3v) is 7.74. The number of H-pyrrole nitrogens is 1. The van der Waals surface area contributed by atoms with E-state index in [2.05, 4.69) is 10.1 Å². The number of nitrogens with one attached hydrogen (secondary N) is 2. The molecule has 13 heteroatoms. The van der Waals surface area contributed by atoms with Crippen LogP contribution in [0.15, 0.2) is 58.3 Å². The summed E-state index contributed by atoms with van der Waals surface area (Å²) in [6, 6.07) is 11.3. The van der Waals surface area contributed by atoms with Crippen LogP contribution in [0.4, 0.5) is 4.39 Å². The Morgan fingerprint density at radius 3 is 2.65 bits per heavy atom. The van der Waals surface area contributed by atoms with Crippen molar-refractivity contribution in [2.24, 2.45) is 0 Å². The molecule has 3 aromatic rings. The minimum Gasteiger partial charge on any atom is -0.459 e. The summed E-state index contributed by atoms with van der Waals surface area (Å²) in [7, 11) is -4.33. The zero-order chi connectivity index (χ0) is 29.2. The summed E-state index contributed by atoms with van der Waals surface area (Å²) in [6.07, 6.45) is -2.72. The largest absolute Gasteiger partial charge is 0.459 e. The lowest BCUT2D eigenvalue weighted by Gasteiger charge is -2.27. The highest BCUT2D eigenvalue weighted by atomic mass is 31.2. The highest BCUT2D eigenvalue weighted by Gasteiger charge is 2.41. The molecule has 0 spiro atoms. The number of esters is 1. The molecular weight excluding hydrogens is 544 g/mol. The van der Waals surface area contributed by atoms with Crippen molar-refractivity contribution in [1.82, 2.24) is 14.6 Å². The molecule has 1 aliphatic rings. The van der Waals surface area contributed by atoms with Crippen LogP contribution in [0.2, 0.25) is 0 Å². The molecule has 1 fully saturated rings. The number of nitrogens with zero attached hydrogens (tertiary/aromatic N) is 1. The monoisotopic (exact) mass is 577 g/mol. The second kappa shape index (κ2) is 11.7. The number of benzene rings is 2. The average molecular weight is 578 g/mol. The van der Waals surface area contributed by atoms with E-state index in [4.69, 9.17) is 18.5 Å². The van der Waals surface area contributed by atoms with Crippen molar-refractivity contribution in [2.45, 2.75) is 71.2 Å². The Hall–Kier alpha value is -3.31. The fraction of sp³-hybridized carbons (Fsp3) is 0.444. The van der Waals surface area contributed by atoms with Crippen LogP contribution in [0.25, 0.3) is 10.8 Å². The highest BCUT2D eigenvalue weighted by molar-refractivity contribution is 7.52. The number of hydrogen-bond acceptors (Lipinski definition) is 8. The van der Waals surface area contributed by atoms with Gasteiger partial charge < -0.3 is 14.0 Å². The lowest BCUT2D eigenvalue weighted by molar-refractivity contribution is -0.156. The lowest BCUT2D eigenvalue weighted by atomic mass is 10.1. The highest BCUT2D eigenvalue weighted by Crippen LogP contribution is 2.47. The van der Waals surface area contributed by atoms with Gasteiger partial charge in [0, 0.05) is 23.6 Å². The molecular formula is C27H33FN3O8P. The van der Waals surface area contributed by atoms with Gasteiger partial charge in [0.1, 0.15) is 35.9 Å². The molecule has 2 aromatic carbocycles. The van der Waals surface area contributed by atoms with Gasteiger partial charge in [0.05, 0.1) is 6.61 Å². The van der Waals surface area contributed by atoms with E-state index >= 15 is 4.39 Å². The molecule has 0 bridgehead atoms. The first-order valence-electron chi connectivity index (χ1n) is 12.8. The van der Waals surface area contributed by atoms with E-state index in [0.29, 0.717) is 5.39 Å². The normalized spacial score (nSPS) is 21.6. The van der Waals surface area contributed by atoms with Gasteiger partial charge in [-0.25, -0.2) is 13.8 Å². The fourth-order valence-electron chi connectivity index (χ4n) is 4.16. The summed E-state index contributed by atoms with van der Waals surface area (Å²) < 4.78 is 52.7. The van der Waals surface area contributed by atoms with Crippen LogP contribution in [-0.4, -0.2) is 46.0 Å². The van der Waals surface area contributed by atoms with Crippen molar-refractivity contribution >= 4 is 24.5 Å². The summed E-state index contributed by atoms with van der Waals surface area (Å²) in [5.41, 5.74) is -1.83. The molecule has 216 valence electrons. The molecule has 1 saturated heterocycles. The van der Waals surface area contributed by atoms with Crippen molar-refractivity contribution in [3.8, 4) is 5.75 Å². The van der Waals surface area contributed by atoms with Crippen LogP contribution in [0, 0.1) is 6.92 Å². The predicted molar refractivity (Wildman–Crippen MR) is 146 cm³/mol. The molecule has 5 atom stereocenters. The molecule has 1 aromatic heterocycles. The first-order valence-corrected chi connectivity index (χ1v) is 14.3. The summed E-state index contributed by atoms with van der Waals surface area (Å²) in [6.45, 7) is 7.53. The van der Waals surface area contributed by atoms with E-state index in [1.807, 2.05) is 18.2 Å². The minimum absolute atomic E-state index is 0.199. The van der Waals surface area contributed by atoms with Gasteiger partial charge in [0.25, 0.3) is 5.56 Å². The van der Waals surface area contributed by atoms with E-state index < -0.39 is 61.7 Å². The van der Waals surface area contributed by atoms with Crippen molar-refractivity contribution < 1.29 is 32.3 Å². The summed E-state index contributed by atoms with van der Waals surface area (Å²) in [4.78, 5) is 38.8. The first kappa shape index (κ1) is 29.7. The second-order valence-electron chi connectivity index (χ2n) is 10.6. The second-order valence-corrected chi connectivity index (χ2v) is 12.3. The Morgan fingerprint density at radius 1 is 1.23 bits per heavy atom. The van der Waals surface area contributed by atoms with E-state index in [1.54, 1.807) is 45.0 Å². The zero-order valence-corrected chi connectivity index (χ0v) is 23.8. The van der Waals surface area contributed by atoms with Crippen LogP contribution in [0.3, 0.4) is 0 Å². The lowest BCUT2D eigenvalue weighted by Crippen LogP contribution is -2.39. The Bertz CT molecular complexity index is 1540. The van der Waals surface area contributed by atoms with Crippen molar-refractivity contribution in [3.05, 3.63) is 75.1 Å². The van der Waals surface area contributed by atoms with Crippen LogP contribution < -0.4 is 20.9 Å². The van der Waals surface area contributed by atoms with Gasteiger partial charge in [-0.1, -0.05) is 36.4 Å². The Kier molecular flexibility index (Phi) is 8.65. The fourth-order valence-corrected chi connectivity index (χ4v) is 5.68. The number of ether oxygens (including phenoxy) is 2. The smallest absolute Gasteiger partial charge is 0.459 e. The zero-order valence-electron chi connectivity index (χ0n) is 22.9. The summed E-state index contributed by atoms with van der Waals surface area (Å²) in [5.74, 6) is -0.464. The molecule has 2 heterocycles. The molecule has 0 amide bonds. The number of hydrogen-bond donors (Lipinski definition) is 2. The summed E-state index contributed by atoms with van der Waals surface area (Å²) in [5, 5.41) is 4.06. The topological polar surface area (TPSA) is 138 Å². The van der Waals surface area contributed by atoms with Crippen molar-refractivity contribution in [1.29, 1.82) is 0 Å². The van der Waals surface area contributed by atoms with Crippen molar-refractivity contribution in [3.63, 3.8) is 0 Å². The Morgan fingerprint density at radius 2 is 1.93 bits per heavy atom. The Balaban J connectivity index is 1.55. The van der Waals surface area contributed by atoms with Crippen LogP contribution in [-0.2, 0) is 23.4 Å². The number of halogens is 1. The molecule has 40 heavy (non-hydrogen) atoms. The van der Waals surface area contributed by atoms with Crippen LogP contribution in [0.1, 0.15) is 45.9 Å². The van der Waals surface area contributed by atoms with Gasteiger partial charge in [0.2, 0.25) is 0 Å². The molecule has 0 saturated carbocycles. The van der Waals surface area contributed by atoms with Crippen LogP contribution in [0.5, 0.6) is 5.75 Å². The van der Waals surface area contributed by atoms with E-state index in [9.17, 15) is 18.9 Å². The number of carbonyl (C=O) groups excluding carboxylic acids is 1.